The Morgan fingerprint density at radius 1 is 0.875 bits per heavy atom. The average Bonchev–Trinajstić information content (AvgIpc) is 2.52. The highest BCUT2D eigenvalue weighted by Gasteiger charge is 2.26. The minimum Gasteiger partial charge on any atom is -0.464 e. The first-order chi connectivity index (χ1) is 11.4. The molecule has 0 saturated heterocycles. The Balaban J connectivity index is 3.97. The van der Waals surface area contributed by atoms with E-state index in [1.54, 1.807) is 0 Å². The number of carbonyl (C=O) groups is 2. The molecule has 0 aliphatic heterocycles. The van der Waals surface area contributed by atoms with Crippen LogP contribution in [0.1, 0.15) is 79.6 Å². The van der Waals surface area contributed by atoms with Crippen LogP contribution in [-0.4, -0.2) is 31.3 Å². The fourth-order valence-electron chi connectivity index (χ4n) is 2.23. The number of nitrogens with one attached hydrogen (secondary N) is 1. The number of alkyl carbamates (subject to hydrolysis) is 1. The lowest BCUT2D eigenvalue weighted by Gasteiger charge is -2.21. The first kappa shape index (κ1) is 22.7. The number of unbranched alkanes of at least 4 members (excludes halogenated alkanes) is 6. The zero-order valence-corrected chi connectivity index (χ0v) is 16.2. The molecule has 1 N–H and O–H groups in total. The van der Waals surface area contributed by atoms with Gasteiger partial charge in [-0.05, 0) is 18.3 Å². The average molecular weight is 344 g/mol. The SMILES string of the molecule is CCCCCCCCCOC(=O)[C@@H](NC(=O)OCC(C)C)C(C)C. The Hall–Kier alpha value is -1.26. The molecule has 1 atom stereocenters. The maximum atomic E-state index is 12.1. The van der Waals surface area contributed by atoms with Gasteiger partial charge in [0.2, 0.25) is 0 Å². The summed E-state index contributed by atoms with van der Waals surface area (Å²) in [6.45, 7) is 10.6. The van der Waals surface area contributed by atoms with Gasteiger partial charge in [-0.1, -0.05) is 73.1 Å². The number of amides is 1. The third-order valence-electron chi connectivity index (χ3n) is 3.73. The zero-order valence-electron chi connectivity index (χ0n) is 16.2. The molecule has 0 radical (unpaired) electrons. The Labute approximate surface area is 147 Å². The van der Waals surface area contributed by atoms with E-state index < -0.39 is 12.1 Å². The molecule has 0 aromatic rings. The summed E-state index contributed by atoms with van der Waals surface area (Å²) in [5.41, 5.74) is 0. The second kappa shape index (κ2) is 14.1. The van der Waals surface area contributed by atoms with Crippen molar-refractivity contribution in [3.8, 4) is 0 Å². The van der Waals surface area contributed by atoms with Crippen molar-refractivity contribution >= 4 is 12.1 Å². The Morgan fingerprint density at radius 2 is 1.46 bits per heavy atom. The molecule has 0 aromatic carbocycles. The molecule has 0 unspecified atom stereocenters. The van der Waals surface area contributed by atoms with E-state index in [9.17, 15) is 9.59 Å². The molecule has 0 aliphatic rings. The van der Waals surface area contributed by atoms with Gasteiger partial charge in [0.15, 0.2) is 0 Å². The summed E-state index contributed by atoms with van der Waals surface area (Å²) in [6.07, 6.45) is 7.66. The number of hydrogen-bond donors (Lipinski definition) is 1. The predicted molar refractivity (Wildman–Crippen MR) is 96.9 cm³/mol. The Bertz CT molecular complexity index is 342. The lowest BCUT2D eigenvalue weighted by Crippen LogP contribution is -2.45. The second-order valence-corrected chi connectivity index (χ2v) is 7.15. The highest BCUT2D eigenvalue weighted by molar-refractivity contribution is 5.81. The molecule has 24 heavy (non-hydrogen) atoms. The van der Waals surface area contributed by atoms with Crippen molar-refractivity contribution in [2.75, 3.05) is 13.2 Å². The van der Waals surface area contributed by atoms with E-state index >= 15 is 0 Å². The summed E-state index contributed by atoms with van der Waals surface area (Å²) in [4.78, 5) is 23.9. The third kappa shape index (κ3) is 12.2. The minimum atomic E-state index is -0.658. The first-order valence-corrected chi connectivity index (χ1v) is 9.48. The molecule has 0 fully saturated rings. The van der Waals surface area contributed by atoms with Crippen LogP contribution in [0.5, 0.6) is 0 Å². The van der Waals surface area contributed by atoms with Crippen LogP contribution in [0, 0.1) is 11.8 Å². The highest BCUT2D eigenvalue weighted by Crippen LogP contribution is 2.09. The lowest BCUT2D eigenvalue weighted by atomic mass is 10.1. The third-order valence-corrected chi connectivity index (χ3v) is 3.73. The highest BCUT2D eigenvalue weighted by atomic mass is 16.6. The van der Waals surface area contributed by atoms with Crippen LogP contribution in [0.15, 0.2) is 0 Å². The molecule has 142 valence electrons. The minimum absolute atomic E-state index is 0.0434. The maximum absolute atomic E-state index is 12.1. The van der Waals surface area contributed by atoms with Crippen LogP contribution in [0.25, 0.3) is 0 Å². The second-order valence-electron chi connectivity index (χ2n) is 7.15. The molecule has 0 heterocycles. The van der Waals surface area contributed by atoms with Crippen molar-refractivity contribution in [3.05, 3.63) is 0 Å². The van der Waals surface area contributed by atoms with Crippen molar-refractivity contribution in [1.82, 2.24) is 5.32 Å². The van der Waals surface area contributed by atoms with Gasteiger partial charge in [-0.3, -0.25) is 0 Å². The standard InChI is InChI=1S/C19H37NO4/c1-6-7-8-9-10-11-12-13-23-18(21)17(16(4)5)20-19(22)24-14-15(2)3/h15-17H,6-14H2,1-5H3,(H,20,22)/t17-/m0/s1. The van der Waals surface area contributed by atoms with E-state index in [-0.39, 0.29) is 17.8 Å². The van der Waals surface area contributed by atoms with Gasteiger partial charge < -0.3 is 14.8 Å². The summed E-state index contributed by atoms with van der Waals surface area (Å²) in [5.74, 6) is -0.159. The number of ether oxygens (including phenoxy) is 2. The quantitative estimate of drug-likeness (QED) is 0.389. The molecule has 1 amide bonds. The van der Waals surface area contributed by atoms with Gasteiger partial charge in [0.1, 0.15) is 6.04 Å². The van der Waals surface area contributed by atoms with Gasteiger partial charge in [-0.15, -0.1) is 0 Å². The molecule has 0 rings (SSSR count). The van der Waals surface area contributed by atoms with Crippen molar-refractivity contribution in [2.24, 2.45) is 11.8 Å². The number of carbonyl (C=O) groups excluding carboxylic acids is 2. The molecule has 0 saturated carbocycles. The van der Waals surface area contributed by atoms with E-state index in [1.807, 2.05) is 27.7 Å². The predicted octanol–water partition coefficient (Wildman–Crippen LogP) is 4.69. The van der Waals surface area contributed by atoms with Crippen LogP contribution >= 0.6 is 0 Å². The van der Waals surface area contributed by atoms with E-state index in [0.717, 1.165) is 12.8 Å². The smallest absolute Gasteiger partial charge is 0.407 e. The fraction of sp³-hybridized carbons (Fsp3) is 0.895. The number of esters is 1. The fourth-order valence-corrected chi connectivity index (χ4v) is 2.23. The van der Waals surface area contributed by atoms with Crippen LogP contribution < -0.4 is 5.32 Å². The Kier molecular flexibility index (Phi) is 13.4. The van der Waals surface area contributed by atoms with E-state index in [0.29, 0.717) is 13.2 Å². The van der Waals surface area contributed by atoms with E-state index in [2.05, 4.69) is 12.2 Å². The molecular weight excluding hydrogens is 306 g/mol. The van der Waals surface area contributed by atoms with Gasteiger partial charge in [-0.2, -0.15) is 0 Å². The summed E-state index contributed by atoms with van der Waals surface area (Å²) in [6, 6.07) is -0.658. The van der Waals surface area contributed by atoms with Crippen LogP contribution in [0.3, 0.4) is 0 Å². The number of rotatable bonds is 13. The summed E-state index contributed by atoms with van der Waals surface area (Å²) >= 11 is 0. The maximum Gasteiger partial charge on any atom is 0.407 e. The molecule has 0 bridgehead atoms. The molecular formula is C19H37NO4. The van der Waals surface area contributed by atoms with Crippen LogP contribution in [0.2, 0.25) is 0 Å². The van der Waals surface area contributed by atoms with Gasteiger partial charge in [-0.25, -0.2) is 9.59 Å². The van der Waals surface area contributed by atoms with Gasteiger partial charge in [0.05, 0.1) is 13.2 Å². The van der Waals surface area contributed by atoms with E-state index in [4.69, 9.17) is 9.47 Å². The Morgan fingerprint density at radius 3 is 2.00 bits per heavy atom. The lowest BCUT2D eigenvalue weighted by molar-refractivity contribution is -0.147. The molecule has 0 aromatic heterocycles. The summed E-state index contributed by atoms with van der Waals surface area (Å²) < 4.78 is 10.4. The summed E-state index contributed by atoms with van der Waals surface area (Å²) in [5, 5.41) is 2.61. The topological polar surface area (TPSA) is 64.6 Å². The van der Waals surface area contributed by atoms with Crippen LogP contribution in [-0.2, 0) is 14.3 Å². The van der Waals surface area contributed by atoms with Gasteiger partial charge in [0, 0.05) is 0 Å². The monoisotopic (exact) mass is 343 g/mol. The zero-order chi connectivity index (χ0) is 18.4. The van der Waals surface area contributed by atoms with Crippen molar-refractivity contribution in [1.29, 1.82) is 0 Å². The van der Waals surface area contributed by atoms with E-state index in [1.165, 1.54) is 32.1 Å². The van der Waals surface area contributed by atoms with Crippen molar-refractivity contribution in [2.45, 2.75) is 85.6 Å². The van der Waals surface area contributed by atoms with Gasteiger partial charge in [0.25, 0.3) is 0 Å². The normalized spacial score (nSPS) is 12.3. The molecule has 5 nitrogen and oxygen atoms in total. The first-order valence-electron chi connectivity index (χ1n) is 9.48. The molecule has 0 spiro atoms. The van der Waals surface area contributed by atoms with Crippen LogP contribution in [0.4, 0.5) is 4.79 Å². The van der Waals surface area contributed by atoms with Gasteiger partial charge >= 0.3 is 12.1 Å². The molecule has 0 aliphatic carbocycles. The molecule has 5 heteroatoms. The number of hydrogen-bond acceptors (Lipinski definition) is 4. The summed E-state index contributed by atoms with van der Waals surface area (Å²) in [7, 11) is 0. The van der Waals surface area contributed by atoms with Crippen molar-refractivity contribution < 1.29 is 19.1 Å². The van der Waals surface area contributed by atoms with Crippen molar-refractivity contribution in [3.63, 3.8) is 0 Å². The largest absolute Gasteiger partial charge is 0.464 e.